The number of hydrogen-bond acceptors (Lipinski definition) is 6. The van der Waals surface area contributed by atoms with Crippen LogP contribution < -0.4 is 9.46 Å². The van der Waals surface area contributed by atoms with Crippen LogP contribution in [0.5, 0.6) is 5.75 Å². The Kier molecular flexibility index (Phi) is 5.05. The van der Waals surface area contributed by atoms with Crippen LogP contribution in [0.4, 0.5) is 11.4 Å². The second-order valence-electron chi connectivity index (χ2n) is 3.90. The molecule has 1 aromatic carbocycles. The van der Waals surface area contributed by atoms with Crippen LogP contribution >= 0.6 is 0 Å². The molecule has 0 amide bonds. The summed E-state index contributed by atoms with van der Waals surface area (Å²) in [5, 5.41) is 19.4. The van der Waals surface area contributed by atoms with E-state index in [-0.39, 0.29) is 11.4 Å². The van der Waals surface area contributed by atoms with Crippen LogP contribution in [0.1, 0.15) is 0 Å². The summed E-state index contributed by atoms with van der Waals surface area (Å²) in [5.41, 5.74) is -0.502. The van der Waals surface area contributed by atoms with E-state index < -0.39 is 33.3 Å². The molecule has 0 aliphatic rings. The second kappa shape index (κ2) is 6.37. The summed E-state index contributed by atoms with van der Waals surface area (Å²) in [6.45, 7) is -0.742. The third-order valence-electron chi connectivity index (χ3n) is 2.39. The van der Waals surface area contributed by atoms with Crippen molar-refractivity contribution in [1.29, 1.82) is 0 Å². The van der Waals surface area contributed by atoms with Crippen molar-refractivity contribution in [3.63, 3.8) is 0 Å². The molecule has 0 aromatic heterocycles. The number of ether oxygens (including phenoxy) is 1. The Bertz CT molecular complexity index is 659. The summed E-state index contributed by atoms with van der Waals surface area (Å²) >= 11 is 0. The van der Waals surface area contributed by atoms with E-state index in [0.717, 1.165) is 13.1 Å². The van der Waals surface area contributed by atoms with E-state index in [1.165, 1.54) is 19.2 Å². The number of nitro benzene ring substituents is 1. The summed E-state index contributed by atoms with van der Waals surface area (Å²) in [4.78, 5) is 20.6. The number of carboxylic acid groups (broad SMARTS) is 1. The van der Waals surface area contributed by atoms with Crippen molar-refractivity contribution in [3.8, 4) is 5.75 Å². The fraction of sp³-hybridized carbons (Fsp3) is 0.300. The highest BCUT2D eigenvalue weighted by Crippen LogP contribution is 2.30. The van der Waals surface area contributed by atoms with Crippen LogP contribution in [0.2, 0.25) is 0 Å². The van der Waals surface area contributed by atoms with Gasteiger partial charge in [0.05, 0.1) is 17.7 Å². The molecule has 0 heterocycles. The van der Waals surface area contributed by atoms with E-state index in [2.05, 4.69) is 0 Å². The first-order valence-electron chi connectivity index (χ1n) is 5.45. The lowest BCUT2D eigenvalue weighted by Gasteiger charge is -2.16. The monoisotopic (exact) mass is 319 g/mol. The molecule has 10 nitrogen and oxygen atoms in total. The first-order valence-corrected chi connectivity index (χ1v) is 6.89. The maximum Gasteiger partial charge on any atom is 0.318 e. The van der Waals surface area contributed by atoms with Crippen LogP contribution in [-0.2, 0) is 15.0 Å². The number of nitrogens with one attached hydrogen (secondary N) is 1. The summed E-state index contributed by atoms with van der Waals surface area (Å²) in [6, 6.07) is 3.47. The predicted molar refractivity (Wildman–Crippen MR) is 72.5 cm³/mol. The van der Waals surface area contributed by atoms with Crippen molar-refractivity contribution in [2.75, 3.05) is 25.4 Å². The Morgan fingerprint density at radius 1 is 1.52 bits per heavy atom. The van der Waals surface area contributed by atoms with E-state index >= 15 is 0 Å². The molecule has 0 saturated heterocycles. The van der Waals surface area contributed by atoms with Gasteiger partial charge in [-0.2, -0.15) is 12.7 Å². The standard InChI is InChI=1S/C10H13N3O7S/c1-12(6-10(14)15)21(18,19)11-7-3-4-9(20-2)8(5-7)13(16)17/h3-5,11H,6H2,1-2H3,(H,14,15). The Morgan fingerprint density at radius 3 is 2.62 bits per heavy atom. The summed E-state index contributed by atoms with van der Waals surface area (Å²) in [6.07, 6.45) is 0. The Morgan fingerprint density at radius 2 is 2.14 bits per heavy atom. The van der Waals surface area contributed by atoms with Gasteiger partial charge in [-0.15, -0.1) is 0 Å². The quantitative estimate of drug-likeness (QED) is 0.543. The number of aliphatic carboxylic acids is 1. The topological polar surface area (TPSA) is 139 Å². The van der Waals surface area contributed by atoms with Gasteiger partial charge >= 0.3 is 21.9 Å². The van der Waals surface area contributed by atoms with E-state index in [1.54, 1.807) is 0 Å². The van der Waals surface area contributed by atoms with Crippen LogP contribution in [0.15, 0.2) is 18.2 Å². The first kappa shape index (κ1) is 16.7. The van der Waals surface area contributed by atoms with Gasteiger partial charge in [-0.05, 0) is 12.1 Å². The number of hydrogen-bond donors (Lipinski definition) is 2. The first-order chi connectivity index (χ1) is 9.67. The third-order valence-corrected chi connectivity index (χ3v) is 3.83. The molecular weight excluding hydrogens is 306 g/mol. The molecule has 2 N–H and O–H groups in total. The highest BCUT2D eigenvalue weighted by Gasteiger charge is 2.22. The van der Waals surface area contributed by atoms with Gasteiger partial charge in [0.25, 0.3) is 0 Å². The second-order valence-corrected chi connectivity index (χ2v) is 5.68. The molecule has 1 aromatic rings. The fourth-order valence-corrected chi connectivity index (χ4v) is 2.26. The summed E-state index contributed by atoms with van der Waals surface area (Å²) < 4.78 is 31.0. The van der Waals surface area contributed by atoms with Crippen LogP contribution in [0, 0.1) is 10.1 Å². The van der Waals surface area contributed by atoms with Gasteiger partial charge in [0.15, 0.2) is 5.75 Å². The lowest BCUT2D eigenvalue weighted by atomic mass is 10.2. The van der Waals surface area contributed by atoms with Crippen molar-refractivity contribution in [3.05, 3.63) is 28.3 Å². The van der Waals surface area contributed by atoms with Crippen molar-refractivity contribution in [2.24, 2.45) is 0 Å². The minimum atomic E-state index is -4.13. The van der Waals surface area contributed by atoms with E-state index in [1.807, 2.05) is 4.72 Å². The number of anilines is 1. The van der Waals surface area contributed by atoms with Crippen LogP contribution in [0.3, 0.4) is 0 Å². The van der Waals surface area contributed by atoms with Crippen molar-refractivity contribution >= 4 is 27.6 Å². The molecule has 0 unspecified atom stereocenters. The molecule has 21 heavy (non-hydrogen) atoms. The van der Waals surface area contributed by atoms with Gasteiger partial charge in [-0.1, -0.05) is 0 Å². The van der Waals surface area contributed by atoms with Crippen molar-refractivity contribution in [2.45, 2.75) is 0 Å². The van der Waals surface area contributed by atoms with Gasteiger partial charge in [0, 0.05) is 13.1 Å². The zero-order valence-corrected chi connectivity index (χ0v) is 12.0. The maximum absolute atomic E-state index is 11.8. The van der Waals surface area contributed by atoms with Crippen LogP contribution in [-0.4, -0.2) is 49.4 Å². The minimum absolute atomic E-state index is 0.0261. The van der Waals surface area contributed by atoms with Gasteiger partial charge in [0.1, 0.15) is 6.54 Å². The van der Waals surface area contributed by atoms with E-state index in [9.17, 15) is 23.3 Å². The van der Waals surface area contributed by atoms with Gasteiger partial charge in [0.2, 0.25) is 0 Å². The molecule has 116 valence electrons. The van der Waals surface area contributed by atoms with Crippen LogP contribution in [0.25, 0.3) is 0 Å². The van der Waals surface area contributed by atoms with E-state index in [0.29, 0.717) is 4.31 Å². The number of nitro groups is 1. The molecule has 0 aliphatic heterocycles. The number of nitrogens with zero attached hydrogens (tertiary/aromatic N) is 2. The number of carbonyl (C=O) groups is 1. The Labute approximate surface area is 120 Å². The smallest absolute Gasteiger partial charge is 0.318 e. The molecule has 0 fully saturated rings. The van der Waals surface area contributed by atoms with Gasteiger partial charge < -0.3 is 9.84 Å². The molecule has 0 saturated carbocycles. The largest absolute Gasteiger partial charge is 0.490 e. The highest BCUT2D eigenvalue weighted by atomic mass is 32.2. The number of rotatable bonds is 7. The fourth-order valence-electron chi connectivity index (χ4n) is 1.40. The molecule has 0 aliphatic carbocycles. The van der Waals surface area contributed by atoms with Gasteiger partial charge in [-0.3, -0.25) is 19.6 Å². The van der Waals surface area contributed by atoms with Gasteiger partial charge in [-0.25, -0.2) is 0 Å². The summed E-state index contributed by atoms with van der Waals surface area (Å²) in [7, 11) is -1.82. The number of benzene rings is 1. The average molecular weight is 319 g/mol. The maximum atomic E-state index is 11.8. The molecular formula is C10H13N3O7S. The Balaban J connectivity index is 3.05. The lowest BCUT2D eigenvalue weighted by Crippen LogP contribution is -2.36. The SMILES string of the molecule is COc1ccc(NS(=O)(=O)N(C)CC(=O)O)cc1[N+](=O)[O-]. The molecule has 0 bridgehead atoms. The summed E-state index contributed by atoms with van der Waals surface area (Å²) in [5.74, 6) is -1.36. The zero-order chi connectivity index (χ0) is 16.2. The molecule has 0 radical (unpaired) electrons. The molecule has 0 spiro atoms. The lowest BCUT2D eigenvalue weighted by molar-refractivity contribution is -0.385. The number of methoxy groups -OCH3 is 1. The molecule has 11 heteroatoms. The van der Waals surface area contributed by atoms with E-state index in [4.69, 9.17) is 9.84 Å². The average Bonchev–Trinajstić information content (AvgIpc) is 2.37. The third kappa shape index (κ3) is 4.29. The number of carboxylic acids is 1. The zero-order valence-electron chi connectivity index (χ0n) is 11.1. The normalized spacial score (nSPS) is 11.2. The van der Waals surface area contributed by atoms with Crippen molar-refractivity contribution < 1.29 is 28.0 Å². The predicted octanol–water partition coefficient (Wildman–Crippen LogP) is 0.276. The molecule has 1 rings (SSSR count). The highest BCUT2D eigenvalue weighted by molar-refractivity contribution is 7.90. The molecule has 0 atom stereocenters. The van der Waals surface area contributed by atoms with Crippen molar-refractivity contribution in [1.82, 2.24) is 4.31 Å². The minimum Gasteiger partial charge on any atom is -0.490 e. The Hall–Kier alpha value is -2.40. The number of likely N-dealkylation sites (N-methyl/N-ethyl adjacent to an activating group) is 1.